The number of piperazine rings is 1. The molecule has 39 heavy (non-hydrogen) atoms. The van der Waals surface area contributed by atoms with Gasteiger partial charge in [-0.2, -0.15) is 31.4 Å². The third kappa shape index (κ3) is 6.48. The number of aryl methyl sites for hydroxylation is 1. The van der Waals surface area contributed by atoms with Crippen LogP contribution in [-0.4, -0.2) is 75.2 Å². The molecule has 0 spiro atoms. The predicted molar refractivity (Wildman–Crippen MR) is 126 cm³/mol. The topological polar surface area (TPSA) is 70.9 Å². The van der Waals surface area contributed by atoms with E-state index in [1.165, 1.54) is 4.90 Å². The van der Waals surface area contributed by atoms with Gasteiger partial charge in [-0.05, 0) is 57.1 Å². The number of nitrogens with zero attached hydrogens (tertiary/aromatic N) is 5. The summed E-state index contributed by atoms with van der Waals surface area (Å²) in [7, 11) is 1.98. The Morgan fingerprint density at radius 1 is 0.949 bits per heavy atom. The fraction of sp³-hybridized carbons (Fsp3) is 0.560. The quantitative estimate of drug-likeness (QED) is 0.512. The number of carbonyl (C=O) groups excluding carboxylic acids is 2. The number of likely N-dealkylation sites (N-methyl/N-ethyl adjacent to an activating group) is 1. The molecule has 1 saturated heterocycles. The van der Waals surface area contributed by atoms with Gasteiger partial charge in [-0.25, -0.2) is 4.79 Å². The van der Waals surface area contributed by atoms with Gasteiger partial charge in [-0.15, -0.1) is 0 Å². The van der Waals surface area contributed by atoms with Crippen molar-refractivity contribution in [1.29, 1.82) is 0 Å². The van der Waals surface area contributed by atoms with Crippen LogP contribution in [0, 0.1) is 0 Å². The van der Waals surface area contributed by atoms with E-state index in [-0.39, 0.29) is 30.8 Å². The number of ether oxygens (including phenoxy) is 1. The Morgan fingerprint density at radius 3 is 2.18 bits per heavy atom. The molecule has 1 aromatic carbocycles. The molecule has 2 aliphatic rings. The van der Waals surface area contributed by atoms with Crippen molar-refractivity contribution in [2.24, 2.45) is 0 Å². The monoisotopic (exact) mass is 561 g/mol. The summed E-state index contributed by atoms with van der Waals surface area (Å²) in [6.45, 7) is 5.79. The van der Waals surface area contributed by atoms with Crippen molar-refractivity contribution >= 4 is 12.0 Å². The third-order valence-electron chi connectivity index (χ3n) is 6.84. The highest BCUT2D eigenvalue weighted by Crippen LogP contribution is 2.36. The zero-order chi connectivity index (χ0) is 28.8. The van der Waals surface area contributed by atoms with Gasteiger partial charge < -0.3 is 19.4 Å². The summed E-state index contributed by atoms with van der Waals surface area (Å²) in [6, 6.07) is 2.67. The van der Waals surface area contributed by atoms with E-state index in [4.69, 9.17) is 4.74 Å². The number of hydrogen-bond acceptors (Lipinski definition) is 5. The van der Waals surface area contributed by atoms with E-state index in [9.17, 15) is 35.9 Å². The minimum atomic E-state index is -5.00. The van der Waals surface area contributed by atoms with Crippen LogP contribution in [0.25, 0.3) is 0 Å². The van der Waals surface area contributed by atoms with Gasteiger partial charge in [-0.1, -0.05) is 0 Å². The standard InChI is InChI=1S/C25H29F6N5O3/c1-23(2)15-33(3)7-8-35(23)21(37)20-12-19-13-34(5-4-6-36(19)32-20)22(38)39-14-16-9-17(24(26,27)28)11-18(10-16)25(29,30)31/h9-12H,4-8,13-15H2,1-3H3. The van der Waals surface area contributed by atoms with Crippen molar-refractivity contribution in [1.82, 2.24) is 24.5 Å². The van der Waals surface area contributed by atoms with Crippen molar-refractivity contribution in [2.45, 2.75) is 57.9 Å². The largest absolute Gasteiger partial charge is 0.445 e. The normalized spacial score (nSPS) is 18.5. The second kappa shape index (κ2) is 10.4. The number of rotatable bonds is 3. The molecule has 1 aromatic heterocycles. The Balaban J connectivity index is 1.46. The maximum Gasteiger partial charge on any atom is 0.416 e. The molecule has 0 radical (unpaired) electrons. The number of carbonyl (C=O) groups is 2. The Morgan fingerprint density at radius 2 is 1.59 bits per heavy atom. The van der Waals surface area contributed by atoms with E-state index in [2.05, 4.69) is 10.00 Å². The molecule has 0 atom stereocenters. The Labute approximate surface area is 221 Å². The first-order chi connectivity index (χ1) is 18.0. The first-order valence-corrected chi connectivity index (χ1v) is 12.3. The summed E-state index contributed by atoms with van der Waals surface area (Å²) in [5.41, 5.74) is -3.01. The van der Waals surface area contributed by atoms with E-state index >= 15 is 0 Å². The fourth-order valence-electron chi connectivity index (χ4n) is 4.97. The summed E-state index contributed by atoms with van der Waals surface area (Å²) in [5, 5.41) is 4.44. The molecular formula is C25H29F6N5O3. The summed E-state index contributed by atoms with van der Waals surface area (Å²) in [6.07, 6.45) is -10.4. The lowest BCUT2D eigenvalue weighted by Gasteiger charge is -2.45. The van der Waals surface area contributed by atoms with Crippen molar-refractivity contribution in [3.05, 3.63) is 52.3 Å². The zero-order valence-electron chi connectivity index (χ0n) is 21.7. The van der Waals surface area contributed by atoms with Gasteiger partial charge in [0.25, 0.3) is 5.91 Å². The number of hydrogen-bond donors (Lipinski definition) is 0. The van der Waals surface area contributed by atoms with Gasteiger partial charge >= 0.3 is 18.4 Å². The average molecular weight is 562 g/mol. The SMILES string of the molecule is CN1CCN(C(=O)c2cc3n(n2)CCCN(C(=O)OCc2cc(C(F)(F)F)cc(C(F)(F)F)c2)C3)C(C)(C)C1. The van der Waals surface area contributed by atoms with Crippen LogP contribution in [-0.2, 0) is 36.8 Å². The number of amides is 2. The van der Waals surface area contributed by atoms with E-state index in [1.54, 1.807) is 15.6 Å². The second-order valence-electron chi connectivity index (χ2n) is 10.5. The molecule has 2 amide bonds. The van der Waals surface area contributed by atoms with E-state index in [1.807, 2.05) is 20.9 Å². The Kier molecular flexibility index (Phi) is 7.63. The highest BCUT2D eigenvalue weighted by atomic mass is 19.4. The van der Waals surface area contributed by atoms with Crippen LogP contribution in [0.2, 0.25) is 0 Å². The lowest BCUT2D eigenvalue weighted by Crippen LogP contribution is -2.60. The average Bonchev–Trinajstić information content (AvgIpc) is 3.11. The van der Waals surface area contributed by atoms with Gasteiger partial charge in [-0.3, -0.25) is 9.48 Å². The van der Waals surface area contributed by atoms with Crippen LogP contribution in [0.5, 0.6) is 0 Å². The van der Waals surface area contributed by atoms with Gasteiger partial charge in [0.1, 0.15) is 6.61 Å². The maximum absolute atomic E-state index is 13.3. The molecule has 4 rings (SSSR count). The molecule has 0 unspecified atom stereocenters. The van der Waals surface area contributed by atoms with Gasteiger partial charge in [0.05, 0.1) is 28.9 Å². The minimum Gasteiger partial charge on any atom is -0.445 e. The van der Waals surface area contributed by atoms with Crippen molar-refractivity contribution in [3.8, 4) is 0 Å². The van der Waals surface area contributed by atoms with E-state index in [0.717, 1.165) is 6.54 Å². The maximum atomic E-state index is 13.3. The number of fused-ring (bicyclic) bond motifs is 1. The van der Waals surface area contributed by atoms with Crippen molar-refractivity contribution in [3.63, 3.8) is 0 Å². The molecule has 0 N–H and O–H groups in total. The van der Waals surface area contributed by atoms with Crippen LogP contribution in [0.3, 0.4) is 0 Å². The molecule has 0 aliphatic carbocycles. The molecule has 0 saturated carbocycles. The highest BCUT2D eigenvalue weighted by molar-refractivity contribution is 5.93. The first-order valence-electron chi connectivity index (χ1n) is 12.3. The lowest BCUT2D eigenvalue weighted by atomic mass is 9.98. The van der Waals surface area contributed by atoms with Gasteiger partial charge in [0.2, 0.25) is 0 Å². The molecule has 2 aromatic rings. The molecule has 2 aliphatic heterocycles. The first kappa shape index (κ1) is 28.7. The summed E-state index contributed by atoms with van der Waals surface area (Å²) >= 11 is 0. The van der Waals surface area contributed by atoms with Crippen LogP contribution in [0.1, 0.15) is 53.1 Å². The van der Waals surface area contributed by atoms with Crippen molar-refractivity contribution in [2.75, 3.05) is 33.2 Å². The molecule has 8 nitrogen and oxygen atoms in total. The summed E-state index contributed by atoms with van der Waals surface area (Å²) < 4.78 is 85.5. The molecule has 14 heteroatoms. The highest BCUT2D eigenvalue weighted by Gasteiger charge is 2.38. The van der Waals surface area contributed by atoms with Gasteiger partial charge in [0, 0.05) is 32.7 Å². The third-order valence-corrected chi connectivity index (χ3v) is 6.84. The number of halogens is 6. The van der Waals surface area contributed by atoms with E-state index < -0.39 is 47.3 Å². The Bertz CT molecular complexity index is 1210. The molecule has 1 fully saturated rings. The minimum absolute atomic E-state index is 0.0155. The molecule has 3 heterocycles. The lowest BCUT2D eigenvalue weighted by molar-refractivity contribution is -0.143. The number of aromatic nitrogens is 2. The van der Waals surface area contributed by atoms with Crippen molar-refractivity contribution < 1.29 is 40.7 Å². The Hall–Kier alpha value is -3.29. The number of alkyl halides is 6. The van der Waals surface area contributed by atoms with Gasteiger partial charge in [0.15, 0.2) is 5.69 Å². The van der Waals surface area contributed by atoms with Crippen LogP contribution in [0.4, 0.5) is 31.1 Å². The molecular weight excluding hydrogens is 532 g/mol. The summed E-state index contributed by atoms with van der Waals surface area (Å²) in [5.74, 6) is -0.229. The zero-order valence-corrected chi connectivity index (χ0v) is 21.7. The predicted octanol–water partition coefficient (Wildman–Crippen LogP) is 4.63. The van der Waals surface area contributed by atoms with Crippen LogP contribution >= 0.6 is 0 Å². The second-order valence-corrected chi connectivity index (χ2v) is 10.5. The molecule has 0 bridgehead atoms. The van der Waals surface area contributed by atoms with Crippen LogP contribution < -0.4 is 0 Å². The number of benzene rings is 1. The smallest absolute Gasteiger partial charge is 0.416 e. The van der Waals surface area contributed by atoms with Crippen LogP contribution in [0.15, 0.2) is 24.3 Å². The summed E-state index contributed by atoms with van der Waals surface area (Å²) in [4.78, 5) is 31.2. The molecule has 214 valence electrons. The fourth-order valence-corrected chi connectivity index (χ4v) is 4.97. The van der Waals surface area contributed by atoms with E-state index in [0.29, 0.717) is 43.9 Å².